The summed E-state index contributed by atoms with van der Waals surface area (Å²) in [6.07, 6.45) is 3.71. The Kier molecular flexibility index (Phi) is 13.2. The number of esters is 1. The molecule has 0 aliphatic carbocycles. The number of allylic oxidation sites excluding steroid dienone is 3. The summed E-state index contributed by atoms with van der Waals surface area (Å²) in [6.45, 7) is 17.7. The molecule has 1 rings (SSSR count). The molecule has 0 aromatic carbocycles. The predicted molar refractivity (Wildman–Crippen MR) is 89.4 cm³/mol. The van der Waals surface area contributed by atoms with Gasteiger partial charge in [-0.2, -0.15) is 0 Å². The second kappa shape index (κ2) is 12.6. The molecule has 0 bridgehead atoms. The quantitative estimate of drug-likeness (QED) is 0.561. The van der Waals surface area contributed by atoms with Crippen molar-refractivity contribution in [2.45, 2.75) is 48.5 Å². The third kappa shape index (κ3) is 6.15. The van der Waals surface area contributed by atoms with Gasteiger partial charge in [0.15, 0.2) is 0 Å². The Bertz CT molecular complexity index is 434. The molecular formula is C16H27NO2S. The zero-order chi connectivity index (χ0) is 16.1. The fourth-order valence-electron chi connectivity index (χ4n) is 1.29. The van der Waals surface area contributed by atoms with Crippen molar-refractivity contribution in [1.82, 2.24) is 4.98 Å². The van der Waals surface area contributed by atoms with Crippen molar-refractivity contribution in [3.05, 3.63) is 34.3 Å². The van der Waals surface area contributed by atoms with Crippen LogP contribution in [0.1, 0.15) is 61.9 Å². The molecule has 0 spiro atoms. The van der Waals surface area contributed by atoms with Crippen molar-refractivity contribution >= 4 is 22.9 Å². The van der Waals surface area contributed by atoms with Crippen LogP contribution in [0.15, 0.2) is 18.7 Å². The van der Waals surface area contributed by atoms with E-state index >= 15 is 0 Å². The lowest BCUT2D eigenvalue weighted by Gasteiger charge is -1.96. The molecule has 0 radical (unpaired) electrons. The Morgan fingerprint density at radius 2 is 1.90 bits per heavy atom. The van der Waals surface area contributed by atoms with Crippen LogP contribution in [0.2, 0.25) is 0 Å². The average Bonchev–Trinajstić information content (AvgIpc) is 2.87. The van der Waals surface area contributed by atoms with Gasteiger partial charge in [-0.25, -0.2) is 9.78 Å². The summed E-state index contributed by atoms with van der Waals surface area (Å²) in [4.78, 5) is 16.7. The van der Waals surface area contributed by atoms with Gasteiger partial charge in [0.1, 0.15) is 0 Å². The molecule has 0 aliphatic heterocycles. The number of thiazole rings is 1. The van der Waals surface area contributed by atoms with E-state index in [1.807, 2.05) is 47.6 Å². The van der Waals surface area contributed by atoms with E-state index in [1.165, 1.54) is 11.3 Å². The van der Waals surface area contributed by atoms with Gasteiger partial charge in [0.2, 0.25) is 5.01 Å². The number of rotatable bonds is 4. The minimum atomic E-state index is -0.360. The summed E-state index contributed by atoms with van der Waals surface area (Å²) < 4.78 is 4.91. The SMILES string of the molecule is C=C/C(=C\C)c1sc(C(=O)OCC)nc1C.CC.CC. The van der Waals surface area contributed by atoms with Gasteiger partial charge in [0, 0.05) is 0 Å². The van der Waals surface area contributed by atoms with E-state index in [-0.39, 0.29) is 5.97 Å². The summed E-state index contributed by atoms with van der Waals surface area (Å²) in [5.41, 5.74) is 1.83. The Morgan fingerprint density at radius 1 is 1.35 bits per heavy atom. The number of carbonyl (C=O) groups is 1. The lowest BCUT2D eigenvalue weighted by Crippen LogP contribution is -2.03. The Balaban J connectivity index is 0. The van der Waals surface area contributed by atoms with E-state index in [9.17, 15) is 4.79 Å². The van der Waals surface area contributed by atoms with E-state index in [0.29, 0.717) is 11.6 Å². The van der Waals surface area contributed by atoms with E-state index in [2.05, 4.69) is 11.6 Å². The van der Waals surface area contributed by atoms with Crippen LogP contribution in [0.3, 0.4) is 0 Å². The maximum atomic E-state index is 11.5. The van der Waals surface area contributed by atoms with Gasteiger partial charge in [-0.1, -0.05) is 46.4 Å². The van der Waals surface area contributed by atoms with Crippen molar-refractivity contribution in [3.63, 3.8) is 0 Å². The minimum absolute atomic E-state index is 0.360. The monoisotopic (exact) mass is 297 g/mol. The molecule has 1 heterocycles. The molecular weight excluding hydrogens is 270 g/mol. The fraction of sp³-hybridized carbons (Fsp3) is 0.500. The maximum absolute atomic E-state index is 11.5. The largest absolute Gasteiger partial charge is 0.461 e. The number of aromatic nitrogens is 1. The van der Waals surface area contributed by atoms with Crippen LogP contribution in [0, 0.1) is 6.92 Å². The lowest BCUT2D eigenvalue weighted by atomic mass is 10.2. The minimum Gasteiger partial charge on any atom is -0.461 e. The Hall–Kier alpha value is -1.42. The maximum Gasteiger partial charge on any atom is 0.367 e. The van der Waals surface area contributed by atoms with Crippen molar-refractivity contribution in [3.8, 4) is 0 Å². The van der Waals surface area contributed by atoms with Crippen molar-refractivity contribution in [2.24, 2.45) is 0 Å². The fourth-order valence-corrected chi connectivity index (χ4v) is 2.32. The number of aryl methyl sites for hydroxylation is 1. The highest BCUT2D eigenvalue weighted by Crippen LogP contribution is 2.27. The third-order valence-corrected chi connectivity index (χ3v) is 3.23. The van der Waals surface area contributed by atoms with Gasteiger partial charge >= 0.3 is 5.97 Å². The van der Waals surface area contributed by atoms with Gasteiger partial charge in [-0.05, 0) is 26.3 Å². The van der Waals surface area contributed by atoms with Crippen molar-refractivity contribution < 1.29 is 9.53 Å². The normalized spacial score (nSPS) is 9.65. The number of carbonyl (C=O) groups excluding carboxylic acids is 1. The Labute approximate surface area is 127 Å². The smallest absolute Gasteiger partial charge is 0.367 e. The van der Waals surface area contributed by atoms with Gasteiger partial charge in [0.05, 0.1) is 17.2 Å². The highest BCUT2D eigenvalue weighted by atomic mass is 32.1. The van der Waals surface area contributed by atoms with Gasteiger partial charge in [-0.15, -0.1) is 11.3 Å². The summed E-state index contributed by atoms with van der Waals surface area (Å²) in [5, 5.41) is 0.399. The van der Waals surface area contributed by atoms with Crippen LogP contribution in [0.25, 0.3) is 5.57 Å². The third-order valence-electron chi connectivity index (χ3n) is 2.04. The van der Waals surface area contributed by atoms with Crippen LogP contribution in [0.4, 0.5) is 0 Å². The van der Waals surface area contributed by atoms with Crippen LogP contribution in [0.5, 0.6) is 0 Å². The second-order valence-electron chi connectivity index (χ2n) is 3.10. The molecule has 0 saturated heterocycles. The molecule has 0 N–H and O–H groups in total. The molecule has 4 heteroatoms. The summed E-state index contributed by atoms with van der Waals surface area (Å²) >= 11 is 1.34. The van der Waals surface area contributed by atoms with Gasteiger partial charge in [0.25, 0.3) is 0 Å². The first-order chi connectivity index (χ1) is 9.63. The molecule has 114 valence electrons. The summed E-state index contributed by atoms with van der Waals surface area (Å²) in [6, 6.07) is 0. The molecule has 3 nitrogen and oxygen atoms in total. The first-order valence-electron chi connectivity index (χ1n) is 7.07. The average molecular weight is 297 g/mol. The molecule has 0 aliphatic rings. The highest BCUT2D eigenvalue weighted by molar-refractivity contribution is 7.14. The second-order valence-corrected chi connectivity index (χ2v) is 4.10. The van der Waals surface area contributed by atoms with Crippen molar-refractivity contribution in [2.75, 3.05) is 6.61 Å². The van der Waals surface area contributed by atoms with Crippen LogP contribution >= 0.6 is 11.3 Å². The van der Waals surface area contributed by atoms with Gasteiger partial charge in [-0.3, -0.25) is 0 Å². The summed E-state index contributed by atoms with van der Waals surface area (Å²) in [7, 11) is 0. The highest BCUT2D eigenvalue weighted by Gasteiger charge is 2.16. The zero-order valence-corrected chi connectivity index (χ0v) is 14.6. The molecule has 1 aromatic heterocycles. The molecule has 20 heavy (non-hydrogen) atoms. The van der Waals surface area contributed by atoms with Crippen molar-refractivity contribution in [1.29, 1.82) is 0 Å². The number of hydrogen-bond acceptors (Lipinski definition) is 4. The molecule has 0 unspecified atom stereocenters. The lowest BCUT2D eigenvalue weighted by molar-refractivity contribution is 0.0525. The molecule has 0 amide bonds. The number of nitrogens with zero attached hydrogens (tertiary/aromatic N) is 1. The first-order valence-corrected chi connectivity index (χ1v) is 7.89. The van der Waals surface area contributed by atoms with E-state index in [1.54, 1.807) is 13.0 Å². The first kappa shape index (κ1) is 20.9. The van der Waals surface area contributed by atoms with Crippen LogP contribution in [-0.4, -0.2) is 17.6 Å². The molecule has 0 saturated carbocycles. The number of ether oxygens (including phenoxy) is 1. The zero-order valence-electron chi connectivity index (χ0n) is 13.7. The predicted octanol–water partition coefficient (Wildman–Crippen LogP) is 5.27. The molecule has 0 fully saturated rings. The van der Waals surface area contributed by atoms with Gasteiger partial charge < -0.3 is 4.74 Å². The standard InChI is InChI=1S/C12H15NO2S.2C2H6/c1-5-9(6-2)10-8(4)13-11(16-10)12(14)15-7-3;2*1-2/h5-6H,1,7H2,2-4H3;2*1-2H3/b9-6+;;. The number of hydrogen-bond donors (Lipinski definition) is 0. The molecule has 0 atom stereocenters. The van der Waals surface area contributed by atoms with E-state index < -0.39 is 0 Å². The topological polar surface area (TPSA) is 39.2 Å². The summed E-state index contributed by atoms with van der Waals surface area (Å²) in [5.74, 6) is -0.360. The van der Waals surface area contributed by atoms with Crippen LogP contribution in [-0.2, 0) is 4.74 Å². The van der Waals surface area contributed by atoms with E-state index in [0.717, 1.165) is 16.1 Å². The Morgan fingerprint density at radius 3 is 2.30 bits per heavy atom. The molecule has 1 aromatic rings. The van der Waals surface area contributed by atoms with Crippen LogP contribution < -0.4 is 0 Å². The van der Waals surface area contributed by atoms with E-state index in [4.69, 9.17) is 4.74 Å².